The van der Waals surface area contributed by atoms with Gasteiger partial charge in [0.25, 0.3) is 0 Å². The lowest BCUT2D eigenvalue weighted by molar-refractivity contribution is 0.475. The second-order valence-electron chi connectivity index (χ2n) is 2.44. The minimum Gasteiger partial charge on any atom is -0.508 e. The Morgan fingerprint density at radius 2 is 2.36 bits per heavy atom. The first kappa shape index (κ1) is 10.4. The fraction of sp³-hybridized carbons (Fsp3) is 0. The molecular weight excluding hydrogens is 200 g/mol. The molecule has 0 saturated carbocycles. The monoisotopic (exact) mass is 210 g/mol. The van der Waals surface area contributed by atoms with Gasteiger partial charge in [-0.1, -0.05) is 12.1 Å². The van der Waals surface area contributed by atoms with E-state index in [4.69, 9.17) is 10.9 Å². The van der Waals surface area contributed by atoms with Crippen molar-refractivity contribution in [2.45, 2.75) is 0 Å². The molecule has 1 aromatic carbocycles. The van der Waals surface area contributed by atoms with Crippen LogP contribution in [0.1, 0.15) is 5.56 Å². The summed E-state index contributed by atoms with van der Waals surface area (Å²) in [6, 6.07) is 6.67. The molecule has 0 fully saturated rings. The molecule has 0 unspecified atom stereocenters. The highest BCUT2D eigenvalue weighted by Crippen LogP contribution is 2.08. The van der Waals surface area contributed by atoms with E-state index in [1.54, 1.807) is 24.3 Å². The molecule has 0 atom stereocenters. The average Bonchev–Trinajstić information content (AvgIpc) is 2.17. The van der Waals surface area contributed by atoms with Crippen LogP contribution in [0.15, 0.2) is 29.4 Å². The minimum atomic E-state index is 0.188. The number of thiocarbonyl (C=S) groups is 1. The van der Waals surface area contributed by atoms with Gasteiger partial charge in [0, 0.05) is 0 Å². The lowest BCUT2D eigenvalue weighted by Gasteiger charge is -1.99. The zero-order chi connectivity index (χ0) is 10.4. The standard InChI is InChI=1S/C8H10N4OS/c9-11-8(14)12-10-5-6-2-1-3-7(13)4-6/h1-5,13H,9H2,(H2,11,12,14)/b10-5+. The summed E-state index contributed by atoms with van der Waals surface area (Å²) in [5, 5.41) is 13.1. The third-order valence-corrected chi connectivity index (χ3v) is 1.59. The number of phenols is 1. The third kappa shape index (κ3) is 3.38. The van der Waals surface area contributed by atoms with Crippen LogP contribution in [-0.4, -0.2) is 16.4 Å². The molecule has 0 aliphatic rings. The highest BCUT2D eigenvalue weighted by molar-refractivity contribution is 7.80. The largest absolute Gasteiger partial charge is 0.508 e. The fourth-order valence-corrected chi connectivity index (χ4v) is 0.856. The van der Waals surface area contributed by atoms with Crippen molar-refractivity contribution in [3.8, 4) is 5.75 Å². The Bertz CT molecular complexity index is 353. The molecule has 1 rings (SSSR count). The highest BCUT2D eigenvalue weighted by atomic mass is 32.1. The summed E-state index contributed by atoms with van der Waals surface area (Å²) in [5.74, 6) is 5.20. The van der Waals surface area contributed by atoms with E-state index in [0.717, 1.165) is 5.56 Å². The second-order valence-corrected chi connectivity index (χ2v) is 2.85. The summed E-state index contributed by atoms with van der Waals surface area (Å²) in [6.07, 6.45) is 1.52. The SMILES string of the molecule is NNC(=S)N/N=C/c1cccc(O)c1. The van der Waals surface area contributed by atoms with Crippen LogP contribution in [0.4, 0.5) is 0 Å². The number of rotatable bonds is 2. The van der Waals surface area contributed by atoms with Crippen molar-refractivity contribution in [2.75, 3.05) is 0 Å². The van der Waals surface area contributed by atoms with Gasteiger partial charge in [-0.05, 0) is 29.9 Å². The normalized spacial score (nSPS) is 10.1. The summed E-state index contributed by atoms with van der Waals surface area (Å²) >= 11 is 4.69. The molecule has 14 heavy (non-hydrogen) atoms. The first-order chi connectivity index (χ1) is 6.72. The summed E-state index contributed by atoms with van der Waals surface area (Å²) in [6.45, 7) is 0. The van der Waals surface area contributed by atoms with Gasteiger partial charge in [-0.3, -0.25) is 10.9 Å². The van der Waals surface area contributed by atoms with E-state index < -0.39 is 0 Å². The fourth-order valence-electron chi connectivity index (χ4n) is 0.803. The van der Waals surface area contributed by atoms with Gasteiger partial charge in [0.05, 0.1) is 6.21 Å². The van der Waals surface area contributed by atoms with Gasteiger partial charge in [0.1, 0.15) is 5.75 Å². The number of phenolic OH excluding ortho intramolecular Hbond substituents is 1. The number of benzene rings is 1. The Labute approximate surface area is 86.6 Å². The van der Waals surface area contributed by atoms with Crippen LogP contribution < -0.4 is 16.7 Å². The summed E-state index contributed by atoms with van der Waals surface area (Å²) in [7, 11) is 0. The van der Waals surface area contributed by atoms with Gasteiger partial charge in [-0.25, -0.2) is 5.84 Å². The Morgan fingerprint density at radius 3 is 3.00 bits per heavy atom. The molecule has 0 spiro atoms. The van der Waals surface area contributed by atoms with Crippen molar-refractivity contribution in [1.29, 1.82) is 0 Å². The van der Waals surface area contributed by atoms with E-state index in [9.17, 15) is 0 Å². The smallest absolute Gasteiger partial charge is 0.201 e. The molecule has 6 heteroatoms. The summed E-state index contributed by atoms with van der Waals surface area (Å²) < 4.78 is 0. The molecule has 5 nitrogen and oxygen atoms in total. The van der Waals surface area contributed by atoms with Crippen molar-refractivity contribution >= 4 is 23.5 Å². The number of hydrogen-bond donors (Lipinski definition) is 4. The zero-order valence-electron chi connectivity index (χ0n) is 7.27. The van der Waals surface area contributed by atoms with Crippen LogP contribution in [0, 0.1) is 0 Å². The molecule has 0 saturated heterocycles. The van der Waals surface area contributed by atoms with Crippen molar-refractivity contribution in [3.05, 3.63) is 29.8 Å². The van der Waals surface area contributed by atoms with Gasteiger partial charge < -0.3 is 5.11 Å². The summed E-state index contributed by atoms with van der Waals surface area (Å²) in [5.41, 5.74) is 5.46. The lowest BCUT2D eigenvalue weighted by Crippen LogP contribution is -2.37. The van der Waals surface area contributed by atoms with Crippen LogP contribution in [0.3, 0.4) is 0 Å². The van der Waals surface area contributed by atoms with Crippen LogP contribution in [-0.2, 0) is 0 Å². The van der Waals surface area contributed by atoms with Crippen LogP contribution in [0.5, 0.6) is 5.75 Å². The van der Waals surface area contributed by atoms with E-state index in [2.05, 4.69) is 28.2 Å². The van der Waals surface area contributed by atoms with E-state index >= 15 is 0 Å². The van der Waals surface area contributed by atoms with Gasteiger partial charge in [0.2, 0.25) is 5.11 Å². The van der Waals surface area contributed by atoms with Gasteiger partial charge in [-0.15, -0.1) is 0 Å². The maximum absolute atomic E-state index is 9.13. The maximum atomic E-state index is 9.13. The Morgan fingerprint density at radius 1 is 1.57 bits per heavy atom. The summed E-state index contributed by atoms with van der Waals surface area (Å²) in [4.78, 5) is 0. The molecule has 1 aromatic rings. The molecule has 74 valence electrons. The number of aromatic hydroxyl groups is 1. The number of nitrogens with one attached hydrogen (secondary N) is 2. The predicted molar refractivity (Wildman–Crippen MR) is 58.8 cm³/mol. The quantitative estimate of drug-likeness (QED) is 0.240. The van der Waals surface area contributed by atoms with E-state index in [1.807, 2.05) is 0 Å². The first-order valence-corrected chi connectivity index (χ1v) is 4.22. The predicted octanol–water partition coefficient (Wildman–Crippen LogP) is 0.0639. The molecule has 0 aromatic heterocycles. The van der Waals surface area contributed by atoms with Crippen molar-refractivity contribution < 1.29 is 5.11 Å². The number of nitrogens with zero attached hydrogens (tertiary/aromatic N) is 1. The van der Waals surface area contributed by atoms with Crippen LogP contribution in [0.2, 0.25) is 0 Å². The number of hydrazone groups is 1. The molecule has 0 heterocycles. The first-order valence-electron chi connectivity index (χ1n) is 3.81. The number of nitrogens with two attached hydrogens (primary N) is 1. The molecule has 0 radical (unpaired) electrons. The molecule has 0 amide bonds. The minimum absolute atomic E-state index is 0.188. The Balaban J connectivity index is 2.56. The maximum Gasteiger partial charge on any atom is 0.201 e. The Hall–Kier alpha value is -1.66. The van der Waals surface area contributed by atoms with Crippen molar-refractivity contribution in [2.24, 2.45) is 10.9 Å². The van der Waals surface area contributed by atoms with Gasteiger partial charge >= 0.3 is 0 Å². The molecule has 5 N–H and O–H groups in total. The molecular formula is C8H10N4OS. The Kier molecular flexibility index (Phi) is 3.84. The van der Waals surface area contributed by atoms with Crippen molar-refractivity contribution in [1.82, 2.24) is 10.9 Å². The topological polar surface area (TPSA) is 82.7 Å². The van der Waals surface area contributed by atoms with Gasteiger partial charge in [0.15, 0.2) is 0 Å². The highest BCUT2D eigenvalue weighted by Gasteiger charge is 1.90. The van der Waals surface area contributed by atoms with E-state index in [1.165, 1.54) is 6.21 Å². The molecule has 0 bridgehead atoms. The lowest BCUT2D eigenvalue weighted by atomic mass is 10.2. The zero-order valence-corrected chi connectivity index (χ0v) is 8.08. The molecule has 0 aliphatic carbocycles. The third-order valence-electron chi connectivity index (χ3n) is 1.38. The van der Waals surface area contributed by atoms with Crippen LogP contribution >= 0.6 is 12.2 Å². The second kappa shape index (κ2) is 5.15. The van der Waals surface area contributed by atoms with Crippen molar-refractivity contribution in [3.63, 3.8) is 0 Å². The van der Waals surface area contributed by atoms with Crippen LogP contribution in [0.25, 0.3) is 0 Å². The van der Waals surface area contributed by atoms with Gasteiger partial charge in [-0.2, -0.15) is 5.10 Å². The molecule has 0 aliphatic heterocycles. The average molecular weight is 210 g/mol. The van der Waals surface area contributed by atoms with E-state index in [0.29, 0.717) is 0 Å². The number of hydrogen-bond acceptors (Lipinski definition) is 4. The van der Waals surface area contributed by atoms with E-state index in [-0.39, 0.29) is 10.9 Å². The number of hydrazine groups is 1.